The molecule has 26 heavy (non-hydrogen) atoms. The van der Waals surface area contributed by atoms with Crippen LogP contribution in [-0.4, -0.2) is 23.3 Å². The maximum atomic E-state index is 13.1. The van der Waals surface area contributed by atoms with Crippen molar-refractivity contribution < 1.29 is 14.0 Å². The molecule has 136 valence electrons. The first-order chi connectivity index (χ1) is 12.3. The van der Waals surface area contributed by atoms with Crippen molar-refractivity contribution in [1.29, 1.82) is 0 Å². The highest BCUT2D eigenvalue weighted by Gasteiger charge is 2.23. The van der Waals surface area contributed by atoms with Crippen molar-refractivity contribution in [2.24, 2.45) is 5.92 Å². The second-order valence-electron chi connectivity index (χ2n) is 6.73. The van der Waals surface area contributed by atoms with Gasteiger partial charge in [-0.2, -0.15) is 0 Å². The smallest absolute Gasteiger partial charge is 0.257 e. The lowest BCUT2D eigenvalue weighted by Crippen LogP contribution is -2.38. The van der Waals surface area contributed by atoms with Crippen molar-refractivity contribution in [3.63, 3.8) is 0 Å². The zero-order chi connectivity index (χ0) is 18.8. The topological polar surface area (TPSA) is 49.4 Å². The first kappa shape index (κ1) is 18.4. The third kappa shape index (κ3) is 3.88. The Balaban J connectivity index is 1.77. The molecule has 3 rings (SSSR count). The summed E-state index contributed by atoms with van der Waals surface area (Å²) in [6.45, 7) is 5.02. The average molecular weight is 375 g/mol. The summed E-state index contributed by atoms with van der Waals surface area (Å²) in [4.78, 5) is 26.5. The fraction of sp³-hybridized carbons (Fsp3) is 0.300. The molecule has 1 N–H and O–H groups in total. The van der Waals surface area contributed by atoms with Gasteiger partial charge in [0.1, 0.15) is 5.82 Å². The molecule has 0 aromatic heterocycles. The first-order valence-corrected chi connectivity index (χ1v) is 8.90. The van der Waals surface area contributed by atoms with Crippen LogP contribution in [0.3, 0.4) is 0 Å². The Hall–Kier alpha value is -2.40. The lowest BCUT2D eigenvalue weighted by molar-refractivity contribution is -0.135. The van der Waals surface area contributed by atoms with Crippen molar-refractivity contribution in [2.45, 2.75) is 26.8 Å². The van der Waals surface area contributed by atoms with Crippen molar-refractivity contribution in [3.8, 4) is 0 Å². The molecule has 2 aromatic rings. The van der Waals surface area contributed by atoms with E-state index in [4.69, 9.17) is 11.6 Å². The van der Waals surface area contributed by atoms with Crippen molar-refractivity contribution in [2.75, 3.05) is 11.9 Å². The van der Waals surface area contributed by atoms with Crippen LogP contribution in [0.5, 0.6) is 0 Å². The molecular weight excluding hydrogens is 355 g/mol. The lowest BCUT2D eigenvalue weighted by Gasteiger charge is -2.30. The van der Waals surface area contributed by atoms with Gasteiger partial charge in [0.05, 0.1) is 10.6 Å². The fourth-order valence-electron chi connectivity index (χ4n) is 3.06. The van der Waals surface area contributed by atoms with Crippen LogP contribution in [0.4, 0.5) is 10.1 Å². The van der Waals surface area contributed by atoms with Gasteiger partial charge in [-0.05, 0) is 47.9 Å². The van der Waals surface area contributed by atoms with E-state index in [9.17, 15) is 14.0 Å². The van der Waals surface area contributed by atoms with Gasteiger partial charge in [-0.15, -0.1) is 0 Å². The predicted octanol–water partition coefficient (Wildman–Crippen LogP) is 4.27. The molecule has 0 atom stereocenters. The molecule has 0 unspecified atom stereocenters. The number of carbonyl (C=O) groups excluding carboxylic acids is 2. The van der Waals surface area contributed by atoms with Crippen LogP contribution >= 0.6 is 11.6 Å². The predicted molar refractivity (Wildman–Crippen MR) is 99.8 cm³/mol. The molecule has 2 amide bonds. The van der Waals surface area contributed by atoms with Gasteiger partial charge in [-0.25, -0.2) is 4.39 Å². The molecule has 4 nitrogen and oxygen atoms in total. The number of anilines is 1. The Bertz CT molecular complexity index is 867. The summed E-state index contributed by atoms with van der Waals surface area (Å²) in [5.74, 6) is -0.806. The van der Waals surface area contributed by atoms with Gasteiger partial charge >= 0.3 is 0 Å². The molecule has 2 aromatic carbocycles. The third-order valence-electron chi connectivity index (χ3n) is 4.46. The maximum absolute atomic E-state index is 13.1. The molecule has 0 bridgehead atoms. The molecule has 0 aliphatic carbocycles. The summed E-state index contributed by atoms with van der Waals surface area (Å²) in [7, 11) is 0. The van der Waals surface area contributed by atoms with E-state index in [1.807, 2.05) is 36.9 Å². The number of hydrogen-bond acceptors (Lipinski definition) is 2. The van der Waals surface area contributed by atoms with Crippen LogP contribution in [0, 0.1) is 11.7 Å². The molecular formula is C20H20ClFN2O2. The zero-order valence-corrected chi connectivity index (χ0v) is 15.4. The van der Waals surface area contributed by atoms with Crippen LogP contribution in [0.2, 0.25) is 5.02 Å². The van der Waals surface area contributed by atoms with Gasteiger partial charge < -0.3 is 10.2 Å². The van der Waals surface area contributed by atoms with Crippen molar-refractivity contribution in [3.05, 3.63) is 63.9 Å². The molecule has 1 heterocycles. The molecule has 0 spiro atoms. The highest BCUT2D eigenvalue weighted by Crippen LogP contribution is 2.25. The Morgan fingerprint density at radius 1 is 1.15 bits per heavy atom. The summed E-state index contributed by atoms with van der Waals surface area (Å²) >= 11 is 5.94. The molecule has 6 heteroatoms. The second-order valence-corrected chi connectivity index (χ2v) is 7.13. The quantitative estimate of drug-likeness (QED) is 0.872. The number of nitrogens with zero attached hydrogens (tertiary/aromatic N) is 1. The average Bonchev–Trinajstić information content (AvgIpc) is 2.60. The Morgan fingerprint density at radius 2 is 1.92 bits per heavy atom. The molecule has 0 fully saturated rings. The van der Waals surface area contributed by atoms with E-state index in [0.29, 0.717) is 18.8 Å². The van der Waals surface area contributed by atoms with E-state index in [1.54, 1.807) is 0 Å². The number of benzene rings is 2. The molecule has 0 saturated carbocycles. The highest BCUT2D eigenvalue weighted by molar-refractivity contribution is 6.34. The minimum atomic E-state index is -0.491. The van der Waals surface area contributed by atoms with E-state index < -0.39 is 11.7 Å². The van der Waals surface area contributed by atoms with Crippen molar-refractivity contribution in [1.82, 2.24) is 4.90 Å². The first-order valence-electron chi connectivity index (χ1n) is 8.52. The monoisotopic (exact) mass is 374 g/mol. The Labute approximate surface area is 157 Å². The van der Waals surface area contributed by atoms with Crippen molar-refractivity contribution >= 4 is 29.1 Å². The van der Waals surface area contributed by atoms with Gasteiger partial charge in [0.15, 0.2) is 0 Å². The van der Waals surface area contributed by atoms with E-state index in [2.05, 4.69) is 5.32 Å². The van der Waals surface area contributed by atoms with Gasteiger partial charge in [-0.1, -0.05) is 31.5 Å². The highest BCUT2D eigenvalue weighted by atomic mass is 35.5. The van der Waals surface area contributed by atoms with Crippen LogP contribution in [0.25, 0.3) is 0 Å². The largest absolute Gasteiger partial charge is 0.338 e. The number of amides is 2. The maximum Gasteiger partial charge on any atom is 0.257 e. The molecule has 1 aliphatic rings. The Morgan fingerprint density at radius 3 is 2.62 bits per heavy atom. The molecule has 0 radical (unpaired) electrons. The number of halogens is 2. The summed E-state index contributed by atoms with van der Waals surface area (Å²) in [5, 5.41) is 2.85. The standard InChI is InChI=1S/C20H20ClFN2O2/c1-12(2)20(26)24-8-7-13-3-5-16(9-14(13)11-24)23-19(25)17-6-4-15(22)10-18(17)21/h3-6,9-10,12H,7-8,11H2,1-2H3,(H,23,25). The second kappa shape index (κ2) is 7.46. The SMILES string of the molecule is CC(C)C(=O)N1CCc2ccc(NC(=O)c3ccc(F)cc3Cl)cc2C1. The van der Waals surface area contributed by atoms with Crippen LogP contribution in [0.15, 0.2) is 36.4 Å². The van der Waals surface area contributed by atoms with Gasteiger partial charge in [0, 0.05) is 24.7 Å². The fourth-order valence-corrected chi connectivity index (χ4v) is 3.31. The normalized spacial score (nSPS) is 13.5. The van der Waals surface area contributed by atoms with Gasteiger partial charge in [-0.3, -0.25) is 9.59 Å². The van der Waals surface area contributed by atoms with E-state index >= 15 is 0 Å². The van der Waals surface area contributed by atoms with Gasteiger partial charge in [0.2, 0.25) is 5.91 Å². The van der Waals surface area contributed by atoms with Crippen LogP contribution in [0.1, 0.15) is 35.3 Å². The summed E-state index contributed by atoms with van der Waals surface area (Å²) in [5.41, 5.74) is 3.03. The Kier molecular flexibility index (Phi) is 5.28. The summed E-state index contributed by atoms with van der Waals surface area (Å²) in [6, 6.07) is 9.34. The molecule has 1 aliphatic heterocycles. The number of fused-ring (bicyclic) bond motifs is 1. The summed E-state index contributed by atoms with van der Waals surface area (Å²) < 4.78 is 13.1. The zero-order valence-electron chi connectivity index (χ0n) is 14.7. The number of hydrogen-bond donors (Lipinski definition) is 1. The number of nitrogens with one attached hydrogen (secondary N) is 1. The lowest BCUT2D eigenvalue weighted by atomic mass is 9.98. The van der Waals surface area contributed by atoms with Crippen LogP contribution < -0.4 is 5.32 Å². The van der Waals surface area contributed by atoms with Crippen LogP contribution in [-0.2, 0) is 17.8 Å². The van der Waals surface area contributed by atoms with E-state index in [-0.39, 0.29) is 22.4 Å². The van der Waals surface area contributed by atoms with E-state index in [1.165, 1.54) is 17.7 Å². The number of carbonyl (C=O) groups is 2. The van der Waals surface area contributed by atoms with Gasteiger partial charge in [0.25, 0.3) is 5.91 Å². The molecule has 0 saturated heterocycles. The minimum Gasteiger partial charge on any atom is -0.338 e. The van der Waals surface area contributed by atoms with E-state index in [0.717, 1.165) is 18.1 Å². The summed E-state index contributed by atoms with van der Waals surface area (Å²) in [6.07, 6.45) is 0.797. The third-order valence-corrected chi connectivity index (χ3v) is 4.77. The number of rotatable bonds is 3. The minimum absolute atomic E-state index is 0.0416.